The van der Waals surface area contributed by atoms with Gasteiger partial charge in [0.25, 0.3) is 0 Å². The molecule has 0 spiro atoms. The zero-order valence-electron chi connectivity index (χ0n) is 39.2. The Labute approximate surface area is 368 Å². The van der Waals surface area contributed by atoms with Gasteiger partial charge in [-0.25, -0.2) is 4.57 Å². The number of likely N-dealkylation sites (N-methyl/N-ethyl adjacent to an activating group) is 1. The van der Waals surface area contributed by atoms with Crippen LogP contribution < -0.4 is 0 Å². The van der Waals surface area contributed by atoms with Gasteiger partial charge in [0.15, 0.2) is 6.10 Å². The minimum absolute atomic E-state index is 0.0233. The Kier molecular flexibility index (Phi) is 40.4. The van der Waals surface area contributed by atoms with Gasteiger partial charge in [0.1, 0.15) is 19.8 Å². The van der Waals surface area contributed by atoms with E-state index in [0.29, 0.717) is 23.9 Å². The van der Waals surface area contributed by atoms with Crippen molar-refractivity contribution in [2.75, 3.05) is 47.5 Å². The molecule has 348 valence electrons. The molecule has 0 bridgehead atoms. The van der Waals surface area contributed by atoms with Crippen LogP contribution >= 0.6 is 7.82 Å². The summed E-state index contributed by atoms with van der Waals surface area (Å²) < 4.78 is 34.3. The van der Waals surface area contributed by atoms with E-state index in [1.54, 1.807) is 0 Å². The van der Waals surface area contributed by atoms with E-state index < -0.39 is 32.5 Å². The number of allylic oxidation sites excluding steroid dienone is 10. The molecule has 0 saturated carbocycles. The summed E-state index contributed by atoms with van der Waals surface area (Å²) >= 11 is 0. The lowest BCUT2D eigenvalue weighted by atomic mass is 10.1. The van der Waals surface area contributed by atoms with E-state index in [1.165, 1.54) is 89.9 Å². The first-order chi connectivity index (χ1) is 29.0. The van der Waals surface area contributed by atoms with Gasteiger partial charge < -0.3 is 18.9 Å². The van der Waals surface area contributed by atoms with Crippen LogP contribution in [0, 0.1) is 0 Å². The molecule has 0 radical (unpaired) electrons. The summed E-state index contributed by atoms with van der Waals surface area (Å²) in [6, 6.07) is 0. The predicted molar refractivity (Wildman–Crippen MR) is 252 cm³/mol. The third-order valence-electron chi connectivity index (χ3n) is 10.0. The number of ether oxygens (including phenoxy) is 2. The van der Waals surface area contributed by atoms with Crippen molar-refractivity contribution in [3.63, 3.8) is 0 Å². The van der Waals surface area contributed by atoms with E-state index in [1.807, 2.05) is 21.1 Å². The summed E-state index contributed by atoms with van der Waals surface area (Å²) in [7, 11) is 1.45. The Morgan fingerprint density at radius 1 is 0.517 bits per heavy atom. The van der Waals surface area contributed by atoms with Crippen molar-refractivity contribution >= 4 is 19.8 Å². The third-order valence-corrected chi connectivity index (χ3v) is 11.0. The van der Waals surface area contributed by atoms with E-state index >= 15 is 0 Å². The average Bonchev–Trinajstić information content (AvgIpc) is 3.20. The lowest BCUT2D eigenvalue weighted by Crippen LogP contribution is -2.37. The SMILES string of the molecule is CCCCC/C=C/C/C=C/C/C=C/C/C=C/CCCCCC(=O)OC[C@H](COP(=O)(O)OCC[N+](C)(C)C)OC(=O)CCCCCCCCC/C=C/CCCCCCCC. The molecular weight excluding hydrogens is 774 g/mol. The van der Waals surface area contributed by atoms with E-state index in [0.717, 1.165) is 64.2 Å². The summed E-state index contributed by atoms with van der Waals surface area (Å²) in [4.78, 5) is 35.5. The number of phosphoric ester groups is 1. The van der Waals surface area contributed by atoms with Crippen LogP contribution in [0.3, 0.4) is 0 Å². The predicted octanol–water partition coefficient (Wildman–Crippen LogP) is 14.0. The van der Waals surface area contributed by atoms with E-state index in [9.17, 15) is 19.0 Å². The molecule has 60 heavy (non-hydrogen) atoms. The topological polar surface area (TPSA) is 108 Å². The van der Waals surface area contributed by atoms with Gasteiger partial charge in [0.05, 0.1) is 27.7 Å². The molecule has 0 aliphatic heterocycles. The molecule has 0 saturated heterocycles. The Bertz CT molecular complexity index is 1210. The number of phosphoric acid groups is 1. The number of hydrogen-bond acceptors (Lipinski definition) is 7. The van der Waals surface area contributed by atoms with Crippen molar-refractivity contribution in [1.29, 1.82) is 0 Å². The highest BCUT2D eigenvalue weighted by atomic mass is 31.2. The maximum atomic E-state index is 12.7. The molecule has 0 aliphatic rings. The average molecular weight is 865 g/mol. The minimum atomic E-state index is -4.39. The standard InChI is InChI=1S/C50H90NO8P/c1-6-8-10-12-14-16-18-20-22-24-25-27-28-30-32-34-36-38-40-42-49(52)56-46-48(47-58-60(54,55)57-45-44-51(3,4)5)59-50(53)43-41-39-37-35-33-31-29-26-23-21-19-17-15-13-11-9-7-2/h14,16,20-23,25,27,30,32,48H,6-13,15,17-19,24,26,28-29,31,33-47H2,1-5H3/p+1/b16-14+,22-20+,23-21+,27-25+,32-30+/t48-/m1/s1. The molecule has 0 heterocycles. The lowest BCUT2D eigenvalue weighted by molar-refractivity contribution is -0.870. The van der Waals surface area contributed by atoms with Crippen molar-refractivity contribution in [1.82, 2.24) is 0 Å². The fraction of sp³-hybridized carbons (Fsp3) is 0.760. The largest absolute Gasteiger partial charge is 0.472 e. The Hall–Kier alpha value is -2.29. The number of hydrogen-bond donors (Lipinski definition) is 1. The smallest absolute Gasteiger partial charge is 0.462 e. The maximum absolute atomic E-state index is 12.7. The van der Waals surface area contributed by atoms with Crippen LogP contribution in [0.5, 0.6) is 0 Å². The molecule has 1 unspecified atom stereocenters. The Balaban J connectivity index is 4.38. The number of esters is 2. The van der Waals surface area contributed by atoms with Crippen LogP contribution in [0.1, 0.15) is 194 Å². The molecule has 0 aliphatic carbocycles. The van der Waals surface area contributed by atoms with Crippen LogP contribution in [0.25, 0.3) is 0 Å². The molecule has 0 aromatic carbocycles. The second-order valence-electron chi connectivity index (χ2n) is 17.1. The molecule has 0 amide bonds. The molecule has 10 heteroatoms. The quantitative estimate of drug-likeness (QED) is 0.0212. The van der Waals surface area contributed by atoms with E-state index in [-0.39, 0.29) is 26.1 Å². The summed E-state index contributed by atoms with van der Waals surface area (Å²) in [6.45, 7) is 4.35. The summed E-state index contributed by atoms with van der Waals surface area (Å²) in [5.41, 5.74) is 0. The first-order valence-electron chi connectivity index (χ1n) is 24.0. The molecule has 2 atom stereocenters. The van der Waals surface area contributed by atoms with Crippen LogP contribution in [0.2, 0.25) is 0 Å². The minimum Gasteiger partial charge on any atom is -0.462 e. The first-order valence-corrected chi connectivity index (χ1v) is 25.5. The van der Waals surface area contributed by atoms with Crippen LogP contribution in [0.4, 0.5) is 0 Å². The van der Waals surface area contributed by atoms with Crippen molar-refractivity contribution in [3.05, 3.63) is 60.8 Å². The highest BCUT2D eigenvalue weighted by molar-refractivity contribution is 7.47. The fourth-order valence-electron chi connectivity index (χ4n) is 6.23. The van der Waals surface area contributed by atoms with E-state index in [2.05, 4.69) is 74.6 Å². The molecule has 9 nitrogen and oxygen atoms in total. The first kappa shape index (κ1) is 57.7. The second-order valence-corrected chi connectivity index (χ2v) is 18.6. The molecule has 1 N–H and O–H groups in total. The number of carbonyl (C=O) groups excluding carboxylic acids is 2. The number of nitrogens with zero attached hydrogens (tertiary/aromatic N) is 1. The van der Waals surface area contributed by atoms with Crippen molar-refractivity contribution in [2.24, 2.45) is 0 Å². The normalized spacial score (nSPS) is 14.0. The summed E-state index contributed by atoms with van der Waals surface area (Å²) in [5.74, 6) is -0.840. The second kappa shape index (κ2) is 42.0. The molecule has 0 fully saturated rings. The zero-order chi connectivity index (χ0) is 44.3. The molecule has 0 aromatic rings. The van der Waals surface area contributed by atoms with Crippen LogP contribution in [0.15, 0.2) is 60.8 Å². The molecule has 0 rings (SSSR count). The van der Waals surface area contributed by atoms with Gasteiger partial charge in [-0.05, 0) is 83.5 Å². The monoisotopic (exact) mass is 865 g/mol. The Morgan fingerprint density at radius 2 is 0.900 bits per heavy atom. The fourth-order valence-corrected chi connectivity index (χ4v) is 6.97. The number of rotatable bonds is 43. The summed E-state index contributed by atoms with van der Waals surface area (Å²) in [6.07, 6.45) is 51.2. The van der Waals surface area contributed by atoms with Crippen molar-refractivity contribution in [2.45, 2.75) is 200 Å². The van der Waals surface area contributed by atoms with Gasteiger partial charge in [-0.15, -0.1) is 0 Å². The number of quaternary nitrogens is 1. The van der Waals surface area contributed by atoms with Crippen molar-refractivity contribution in [3.8, 4) is 0 Å². The summed E-state index contributed by atoms with van der Waals surface area (Å²) in [5, 5.41) is 0. The number of carbonyl (C=O) groups is 2. The van der Waals surface area contributed by atoms with Gasteiger partial charge in [0.2, 0.25) is 0 Å². The highest BCUT2D eigenvalue weighted by Crippen LogP contribution is 2.43. The number of unbranched alkanes of at least 4 members (excludes halogenated alkanes) is 19. The van der Waals surface area contributed by atoms with Gasteiger partial charge in [-0.2, -0.15) is 0 Å². The van der Waals surface area contributed by atoms with Crippen LogP contribution in [-0.2, 0) is 32.7 Å². The zero-order valence-corrected chi connectivity index (χ0v) is 40.1. The van der Waals surface area contributed by atoms with Crippen molar-refractivity contribution < 1.29 is 42.1 Å². The van der Waals surface area contributed by atoms with Crippen LogP contribution in [-0.4, -0.2) is 74.9 Å². The van der Waals surface area contributed by atoms with Gasteiger partial charge in [-0.1, -0.05) is 158 Å². The van der Waals surface area contributed by atoms with Gasteiger partial charge >= 0.3 is 19.8 Å². The van der Waals surface area contributed by atoms with Gasteiger partial charge in [-0.3, -0.25) is 18.6 Å². The van der Waals surface area contributed by atoms with E-state index in [4.69, 9.17) is 18.5 Å². The Morgan fingerprint density at radius 3 is 1.40 bits per heavy atom. The van der Waals surface area contributed by atoms with Gasteiger partial charge in [0, 0.05) is 12.8 Å². The lowest BCUT2D eigenvalue weighted by Gasteiger charge is -2.24. The molecular formula is C50H91NO8P+. The molecule has 0 aromatic heterocycles. The third kappa shape index (κ3) is 45.2. The maximum Gasteiger partial charge on any atom is 0.472 e. The highest BCUT2D eigenvalue weighted by Gasteiger charge is 2.27.